The summed E-state index contributed by atoms with van der Waals surface area (Å²) < 4.78 is 0. The molecule has 3 aromatic carbocycles. The molecule has 158 valence electrons. The van der Waals surface area contributed by atoms with Gasteiger partial charge in [0.2, 0.25) is 0 Å². The van der Waals surface area contributed by atoms with E-state index in [0.29, 0.717) is 19.0 Å². The number of hydrogen-bond acceptors (Lipinski definition) is 1. The van der Waals surface area contributed by atoms with Crippen molar-refractivity contribution in [2.45, 2.75) is 45.2 Å². The molecule has 0 unspecified atom stereocenters. The summed E-state index contributed by atoms with van der Waals surface area (Å²) in [5.41, 5.74) is 4.13. The van der Waals surface area contributed by atoms with Gasteiger partial charge in [-0.15, -0.1) is 0 Å². The van der Waals surface area contributed by atoms with Crippen molar-refractivity contribution >= 4 is 12.0 Å². The van der Waals surface area contributed by atoms with Crippen LogP contribution in [0.3, 0.4) is 0 Å². The van der Waals surface area contributed by atoms with Crippen LogP contribution in [0.15, 0.2) is 91.0 Å². The summed E-state index contributed by atoms with van der Waals surface area (Å²) in [6, 6.07) is 28.5. The van der Waals surface area contributed by atoms with Crippen LogP contribution in [0.25, 0.3) is 6.08 Å². The number of carbonyl (C=O) groups is 1. The van der Waals surface area contributed by atoms with E-state index in [2.05, 4.69) is 42.5 Å². The summed E-state index contributed by atoms with van der Waals surface area (Å²) in [5.74, 6) is 0.751. The second-order valence-electron chi connectivity index (χ2n) is 8.52. The Morgan fingerprint density at radius 1 is 0.774 bits per heavy atom. The van der Waals surface area contributed by atoms with Crippen molar-refractivity contribution in [3.8, 4) is 0 Å². The molecule has 0 saturated heterocycles. The summed E-state index contributed by atoms with van der Waals surface area (Å²) in [4.78, 5) is 15.5. The van der Waals surface area contributed by atoms with Gasteiger partial charge in [-0.05, 0) is 47.6 Å². The lowest BCUT2D eigenvalue weighted by Crippen LogP contribution is -2.30. The number of amides is 1. The van der Waals surface area contributed by atoms with E-state index in [4.69, 9.17) is 0 Å². The largest absolute Gasteiger partial charge is 0.330 e. The zero-order valence-electron chi connectivity index (χ0n) is 18.1. The zero-order chi connectivity index (χ0) is 21.3. The second-order valence-corrected chi connectivity index (χ2v) is 8.52. The average Bonchev–Trinajstić information content (AvgIpc) is 2.84. The molecule has 0 N–H and O–H groups in total. The van der Waals surface area contributed by atoms with Gasteiger partial charge in [0.05, 0.1) is 0 Å². The van der Waals surface area contributed by atoms with Gasteiger partial charge < -0.3 is 4.90 Å². The van der Waals surface area contributed by atoms with Crippen LogP contribution < -0.4 is 0 Å². The fraction of sp³-hybridized carbons (Fsp3) is 0.276. The first kappa shape index (κ1) is 21.1. The van der Waals surface area contributed by atoms with Crippen LogP contribution in [0, 0.1) is 5.92 Å². The van der Waals surface area contributed by atoms with Crippen LogP contribution in [0.4, 0.5) is 0 Å². The van der Waals surface area contributed by atoms with E-state index >= 15 is 0 Å². The minimum Gasteiger partial charge on any atom is -0.330 e. The molecule has 0 aliphatic heterocycles. The molecule has 1 amide bonds. The van der Waals surface area contributed by atoms with Gasteiger partial charge in [-0.3, -0.25) is 4.79 Å². The highest BCUT2D eigenvalue weighted by Crippen LogP contribution is 2.25. The monoisotopic (exact) mass is 409 g/mol. The van der Waals surface area contributed by atoms with Gasteiger partial charge in [0.15, 0.2) is 0 Å². The van der Waals surface area contributed by atoms with Gasteiger partial charge in [0, 0.05) is 18.7 Å². The molecule has 1 aliphatic carbocycles. The third kappa shape index (κ3) is 6.18. The van der Waals surface area contributed by atoms with E-state index in [1.807, 2.05) is 59.5 Å². The Bertz CT molecular complexity index is 946. The molecule has 3 aromatic rings. The minimum atomic E-state index is 0.0700. The summed E-state index contributed by atoms with van der Waals surface area (Å²) >= 11 is 0. The van der Waals surface area contributed by atoms with Gasteiger partial charge in [0.1, 0.15) is 0 Å². The average molecular weight is 410 g/mol. The van der Waals surface area contributed by atoms with E-state index in [1.54, 1.807) is 0 Å². The Balaban J connectivity index is 1.53. The fourth-order valence-electron chi connectivity index (χ4n) is 4.34. The van der Waals surface area contributed by atoms with E-state index < -0.39 is 0 Å². The Morgan fingerprint density at radius 2 is 1.39 bits per heavy atom. The summed E-state index contributed by atoms with van der Waals surface area (Å²) in [6.45, 7) is 1.19. The van der Waals surface area contributed by atoms with Crippen LogP contribution in [-0.4, -0.2) is 10.8 Å². The minimum absolute atomic E-state index is 0.0700. The number of rotatable bonds is 7. The summed E-state index contributed by atoms with van der Waals surface area (Å²) in [6.07, 6.45) is 11.2. The summed E-state index contributed by atoms with van der Waals surface area (Å²) in [7, 11) is 0. The quantitative estimate of drug-likeness (QED) is 0.407. The van der Waals surface area contributed by atoms with Crippen LogP contribution >= 0.6 is 0 Å². The molecule has 0 radical (unpaired) electrons. The molecule has 0 heterocycles. The Kier molecular flexibility index (Phi) is 7.33. The lowest BCUT2D eigenvalue weighted by Gasteiger charge is -2.23. The zero-order valence-corrected chi connectivity index (χ0v) is 18.1. The maximum atomic E-state index is 13.5. The van der Waals surface area contributed by atoms with Crippen molar-refractivity contribution < 1.29 is 4.79 Å². The third-order valence-electron chi connectivity index (χ3n) is 6.06. The van der Waals surface area contributed by atoms with Crippen molar-refractivity contribution in [1.29, 1.82) is 0 Å². The van der Waals surface area contributed by atoms with Crippen molar-refractivity contribution in [2.75, 3.05) is 0 Å². The van der Waals surface area contributed by atoms with E-state index in [0.717, 1.165) is 22.3 Å². The molecule has 0 bridgehead atoms. The number of benzene rings is 3. The Hall–Kier alpha value is -3.13. The first-order valence-corrected chi connectivity index (χ1v) is 11.4. The Morgan fingerprint density at radius 3 is 2.00 bits per heavy atom. The molecule has 1 saturated carbocycles. The molecule has 31 heavy (non-hydrogen) atoms. The molecule has 0 atom stereocenters. The fourth-order valence-corrected chi connectivity index (χ4v) is 4.34. The highest BCUT2D eigenvalue weighted by Gasteiger charge is 2.17. The second kappa shape index (κ2) is 10.8. The van der Waals surface area contributed by atoms with Crippen LogP contribution in [0.5, 0.6) is 0 Å². The SMILES string of the molecule is O=C(c1cccc(/C=C/C2CCCCC2)c1)N(Cc1ccccc1)Cc1ccccc1. The normalized spacial score (nSPS) is 14.6. The lowest BCUT2D eigenvalue weighted by atomic mass is 9.88. The number of nitrogens with zero attached hydrogens (tertiary/aromatic N) is 1. The predicted octanol–water partition coefficient (Wildman–Crippen LogP) is 7.12. The standard InChI is InChI=1S/C29H31NO/c31-29(28-18-10-17-25(21-28)20-19-24-11-4-1-5-12-24)30(22-26-13-6-2-7-14-26)23-27-15-8-3-9-16-27/h2-3,6-10,13-21,24H,1,4-5,11-12,22-23H2/b20-19+. The first-order valence-electron chi connectivity index (χ1n) is 11.4. The van der Waals surface area contributed by atoms with Crippen LogP contribution in [0.1, 0.15) is 59.2 Å². The number of hydrogen-bond donors (Lipinski definition) is 0. The number of allylic oxidation sites excluding steroid dienone is 1. The highest BCUT2D eigenvalue weighted by atomic mass is 16.2. The molecule has 2 nitrogen and oxygen atoms in total. The highest BCUT2D eigenvalue weighted by molar-refractivity contribution is 5.94. The van der Waals surface area contributed by atoms with Crippen molar-refractivity contribution in [2.24, 2.45) is 5.92 Å². The molecule has 0 aromatic heterocycles. The Labute approximate surface area is 186 Å². The third-order valence-corrected chi connectivity index (χ3v) is 6.06. The van der Waals surface area contributed by atoms with Gasteiger partial charge in [-0.1, -0.05) is 104 Å². The van der Waals surface area contributed by atoms with E-state index in [1.165, 1.54) is 32.1 Å². The molecule has 4 rings (SSSR count). The predicted molar refractivity (Wildman–Crippen MR) is 129 cm³/mol. The molecule has 2 heteroatoms. The van der Waals surface area contributed by atoms with Gasteiger partial charge in [-0.25, -0.2) is 0 Å². The number of carbonyl (C=O) groups excluding carboxylic acids is 1. The molecule has 1 fully saturated rings. The topological polar surface area (TPSA) is 20.3 Å². The van der Waals surface area contributed by atoms with Crippen LogP contribution in [-0.2, 0) is 13.1 Å². The van der Waals surface area contributed by atoms with Gasteiger partial charge in [0.25, 0.3) is 5.91 Å². The van der Waals surface area contributed by atoms with E-state index in [-0.39, 0.29) is 5.91 Å². The van der Waals surface area contributed by atoms with Gasteiger partial charge >= 0.3 is 0 Å². The maximum absolute atomic E-state index is 13.5. The van der Waals surface area contributed by atoms with E-state index in [9.17, 15) is 4.79 Å². The van der Waals surface area contributed by atoms with Crippen molar-refractivity contribution in [1.82, 2.24) is 4.90 Å². The first-order chi connectivity index (χ1) is 15.3. The van der Waals surface area contributed by atoms with Crippen molar-refractivity contribution in [3.05, 3.63) is 113 Å². The molecule has 1 aliphatic rings. The smallest absolute Gasteiger partial charge is 0.254 e. The van der Waals surface area contributed by atoms with Gasteiger partial charge in [-0.2, -0.15) is 0 Å². The van der Waals surface area contributed by atoms with Crippen LogP contribution in [0.2, 0.25) is 0 Å². The summed E-state index contributed by atoms with van der Waals surface area (Å²) in [5, 5.41) is 0. The molecule has 0 spiro atoms. The molecular weight excluding hydrogens is 378 g/mol. The lowest BCUT2D eigenvalue weighted by molar-refractivity contribution is 0.0730. The molecular formula is C29H31NO. The van der Waals surface area contributed by atoms with Crippen molar-refractivity contribution in [3.63, 3.8) is 0 Å². The maximum Gasteiger partial charge on any atom is 0.254 e.